The summed E-state index contributed by atoms with van der Waals surface area (Å²) in [6.45, 7) is 0.496. The normalized spacial score (nSPS) is 17.9. The van der Waals surface area contributed by atoms with E-state index in [1.165, 1.54) is 5.56 Å². The maximum absolute atomic E-state index is 13.2. The zero-order valence-electron chi connectivity index (χ0n) is 12.8. The second kappa shape index (κ2) is 5.89. The Kier molecular flexibility index (Phi) is 3.87. The Hall–Kier alpha value is -1.43. The van der Waals surface area contributed by atoms with Crippen LogP contribution in [0.1, 0.15) is 36.0 Å². The molecule has 0 atom stereocenters. The number of sulfonamides is 1. The fraction of sp³-hybridized carbons (Fsp3) is 0.333. The van der Waals surface area contributed by atoms with Crippen LogP contribution < -0.4 is 0 Å². The van der Waals surface area contributed by atoms with Gasteiger partial charge in [0.05, 0.1) is 4.91 Å². The largest absolute Gasteiger partial charge is 0.239 e. The predicted molar refractivity (Wildman–Crippen MR) is 94.5 cm³/mol. The van der Waals surface area contributed by atoms with Crippen molar-refractivity contribution in [3.8, 4) is 0 Å². The Morgan fingerprint density at radius 3 is 2.70 bits per heavy atom. The molecule has 3 nitrogen and oxygen atoms in total. The van der Waals surface area contributed by atoms with Gasteiger partial charge in [0.25, 0.3) is 0 Å². The van der Waals surface area contributed by atoms with Crippen LogP contribution in [0.3, 0.4) is 0 Å². The van der Waals surface area contributed by atoms with Crippen LogP contribution >= 0.6 is 11.3 Å². The minimum absolute atomic E-state index is 0.179. The van der Waals surface area contributed by atoms with Crippen LogP contribution in [0.2, 0.25) is 0 Å². The van der Waals surface area contributed by atoms with Crippen molar-refractivity contribution in [2.75, 3.05) is 0 Å². The van der Waals surface area contributed by atoms with Crippen molar-refractivity contribution < 1.29 is 8.42 Å². The first-order valence-electron chi connectivity index (χ1n) is 7.96. The molecule has 1 heterocycles. The monoisotopic (exact) mass is 345 g/mol. The van der Waals surface area contributed by atoms with Gasteiger partial charge in [0.15, 0.2) is 0 Å². The van der Waals surface area contributed by atoms with Crippen molar-refractivity contribution in [3.05, 3.63) is 62.7 Å². The Morgan fingerprint density at radius 2 is 1.96 bits per heavy atom. The molecular formula is C18H19NO2S2. The molecule has 2 aliphatic rings. The van der Waals surface area contributed by atoms with Gasteiger partial charge in [0.1, 0.15) is 0 Å². The summed E-state index contributed by atoms with van der Waals surface area (Å²) < 4.78 is 28.0. The second-order valence-corrected chi connectivity index (χ2v) is 8.95. The molecule has 0 saturated heterocycles. The summed E-state index contributed by atoms with van der Waals surface area (Å²) in [5, 5.41) is 4.04. The lowest BCUT2D eigenvalue weighted by Gasteiger charge is -2.25. The Morgan fingerprint density at radius 1 is 1.13 bits per heavy atom. The van der Waals surface area contributed by atoms with Crippen LogP contribution in [0.4, 0.5) is 0 Å². The van der Waals surface area contributed by atoms with Crippen LogP contribution in [-0.4, -0.2) is 18.8 Å². The molecule has 1 saturated carbocycles. The highest BCUT2D eigenvalue weighted by Crippen LogP contribution is 2.36. The van der Waals surface area contributed by atoms with Gasteiger partial charge in [-0.15, -0.1) is 0 Å². The summed E-state index contributed by atoms with van der Waals surface area (Å²) in [6, 6.07) is 10.3. The number of thiophene rings is 1. The van der Waals surface area contributed by atoms with Gasteiger partial charge in [-0.25, -0.2) is 8.42 Å². The molecular weight excluding hydrogens is 326 g/mol. The summed E-state index contributed by atoms with van der Waals surface area (Å²) in [5.74, 6) is 0. The van der Waals surface area contributed by atoms with Crippen LogP contribution in [0.5, 0.6) is 0 Å². The van der Waals surface area contributed by atoms with Gasteiger partial charge in [0.2, 0.25) is 10.0 Å². The van der Waals surface area contributed by atoms with E-state index in [1.807, 2.05) is 41.1 Å². The highest BCUT2D eigenvalue weighted by molar-refractivity contribution is 7.93. The third kappa shape index (κ3) is 3.01. The molecule has 5 heteroatoms. The van der Waals surface area contributed by atoms with E-state index < -0.39 is 10.0 Å². The van der Waals surface area contributed by atoms with Gasteiger partial charge in [0, 0.05) is 12.6 Å². The minimum atomic E-state index is -3.38. The molecule has 120 valence electrons. The minimum Gasteiger partial charge on any atom is -0.207 e. The standard InChI is InChI=1S/C18H19NO2S2/c20-23(21,18-8-5-15-3-1-2-4-16(15)11-18)19(17-6-7-17)12-14-9-10-22-13-14/h1-4,9-11,13,17H,5-8,12H2. The number of benzene rings is 1. The number of rotatable bonds is 5. The lowest BCUT2D eigenvalue weighted by atomic mass is 9.98. The predicted octanol–water partition coefficient (Wildman–Crippen LogP) is 4.03. The van der Waals surface area contributed by atoms with E-state index in [0.717, 1.165) is 30.4 Å². The average molecular weight is 345 g/mol. The van der Waals surface area contributed by atoms with Gasteiger partial charge < -0.3 is 0 Å². The summed E-state index contributed by atoms with van der Waals surface area (Å²) in [7, 11) is -3.38. The van der Waals surface area contributed by atoms with Crippen LogP contribution in [0.25, 0.3) is 6.08 Å². The molecule has 0 radical (unpaired) electrons. The number of nitrogens with zero attached hydrogens (tertiary/aromatic N) is 1. The first kappa shape index (κ1) is 15.1. The number of fused-ring (bicyclic) bond motifs is 1. The zero-order valence-corrected chi connectivity index (χ0v) is 14.4. The van der Waals surface area contributed by atoms with E-state index in [4.69, 9.17) is 0 Å². The molecule has 1 fully saturated rings. The Balaban J connectivity index is 1.67. The van der Waals surface area contributed by atoms with Crippen LogP contribution in [-0.2, 0) is 23.0 Å². The summed E-state index contributed by atoms with van der Waals surface area (Å²) in [4.78, 5) is 0.568. The quantitative estimate of drug-likeness (QED) is 0.820. The molecule has 0 spiro atoms. The Bertz CT molecular complexity index is 834. The maximum Gasteiger partial charge on any atom is 0.239 e. The molecule has 23 heavy (non-hydrogen) atoms. The lowest BCUT2D eigenvalue weighted by Crippen LogP contribution is -2.34. The number of hydrogen-bond acceptors (Lipinski definition) is 3. The van der Waals surface area contributed by atoms with Crippen molar-refractivity contribution >= 4 is 27.4 Å². The maximum atomic E-state index is 13.2. The molecule has 1 aromatic heterocycles. The number of hydrogen-bond donors (Lipinski definition) is 0. The van der Waals surface area contributed by atoms with E-state index in [9.17, 15) is 8.42 Å². The van der Waals surface area contributed by atoms with E-state index in [-0.39, 0.29) is 6.04 Å². The summed E-state index contributed by atoms with van der Waals surface area (Å²) >= 11 is 1.61. The van der Waals surface area contributed by atoms with Gasteiger partial charge in [-0.05, 0) is 65.3 Å². The van der Waals surface area contributed by atoms with Crippen molar-refractivity contribution in [1.82, 2.24) is 4.31 Å². The van der Waals surface area contributed by atoms with Crippen LogP contribution in [0, 0.1) is 0 Å². The molecule has 0 aliphatic heterocycles. The molecule has 4 rings (SSSR count). The fourth-order valence-corrected chi connectivity index (χ4v) is 5.61. The summed E-state index contributed by atoms with van der Waals surface area (Å²) in [5.41, 5.74) is 3.37. The smallest absolute Gasteiger partial charge is 0.207 e. The van der Waals surface area contributed by atoms with Gasteiger partial charge in [-0.2, -0.15) is 15.6 Å². The SMILES string of the molecule is O=S(=O)(C1=Cc2ccccc2CC1)N(Cc1ccsc1)C1CC1. The third-order valence-corrected chi connectivity index (χ3v) is 7.29. The van der Waals surface area contributed by atoms with E-state index in [2.05, 4.69) is 6.07 Å². The van der Waals surface area contributed by atoms with Crippen LogP contribution in [0.15, 0.2) is 46.0 Å². The number of allylic oxidation sites excluding steroid dienone is 1. The average Bonchev–Trinajstić information content (AvgIpc) is 3.27. The molecule has 0 N–H and O–H groups in total. The highest BCUT2D eigenvalue weighted by atomic mass is 32.2. The van der Waals surface area contributed by atoms with Gasteiger partial charge in [-0.3, -0.25) is 0 Å². The first-order chi connectivity index (χ1) is 11.1. The Labute approximate surface area is 141 Å². The molecule has 1 aromatic carbocycles. The fourth-order valence-electron chi connectivity index (χ4n) is 3.10. The molecule has 2 aliphatic carbocycles. The third-order valence-electron chi connectivity index (χ3n) is 4.53. The molecule has 2 aromatic rings. The summed E-state index contributed by atoms with van der Waals surface area (Å²) in [6.07, 6.45) is 5.24. The highest BCUT2D eigenvalue weighted by Gasteiger charge is 2.39. The lowest BCUT2D eigenvalue weighted by molar-refractivity contribution is 0.402. The van der Waals surface area contributed by atoms with Crippen molar-refractivity contribution in [2.45, 2.75) is 38.3 Å². The molecule has 0 unspecified atom stereocenters. The second-order valence-electron chi connectivity index (χ2n) is 6.22. The van der Waals surface area contributed by atoms with E-state index in [0.29, 0.717) is 17.9 Å². The first-order valence-corrected chi connectivity index (χ1v) is 10.3. The van der Waals surface area contributed by atoms with Gasteiger partial charge >= 0.3 is 0 Å². The molecule has 0 bridgehead atoms. The van der Waals surface area contributed by atoms with E-state index >= 15 is 0 Å². The van der Waals surface area contributed by atoms with Crippen molar-refractivity contribution in [1.29, 1.82) is 0 Å². The zero-order chi connectivity index (χ0) is 15.9. The van der Waals surface area contributed by atoms with E-state index in [1.54, 1.807) is 15.6 Å². The van der Waals surface area contributed by atoms with Gasteiger partial charge in [-0.1, -0.05) is 24.3 Å². The number of aryl methyl sites for hydroxylation is 1. The topological polar surface area (TPSA) is 37.4 Å². The molecule has 0 amide bonds. The van der Waals surface area contributed by atoms with Crippen molar-refractivity contribution in [3.63, 3.8) is 0 Å². The van der Waals surface area contributed by atoms with Crippen molar-refractivity contribution in [2.24, 2.45) is 0 Å².